The molecule has 1 rings (SSSR count). The van der Waals surface area contributed by atoms with Gasteiger partial charge < -0.3 is 5.32 Å². The van der Waals surface area contributed by atoms with Gasteiger partial charge >= 0.3 is 0 Å². The molecule has 0 atom stereocenters. The van der Waals surface area contributed by atoms with Crippen LogP contribution in [0.2, 0.25) is 0 Å². The molecule has 0 unspecified atom stereocenters. The van der Waals surface area contributed by atoms with Crippen molar-refractivity contribution in [3.05, 3.63) is 28.8 Å². The van der Waals surface area contributed by atoms with E-state index in [-0.39, 0.29) is 5.41 Å². The zero-order valence-electron chi connectivity index (χ0n) is 13.1. The molecule has 0 fully saturated rings. The molecule has 18 heavy (non-hydrogen) atoms. The normalized spacial score (nSPS) is 12.0. The number of aryl methyl sites for hydroxylation is 1. The van der Waals surface area contributed by atoms with Crippen molar-refractivity contribution in [2.24, 2.45) is 0 Å². The standard InChI is InChI=1S/C17H29N/c1-8-13(9-2)14-10-12(3)15(17(4,5)6)11-16(14)18-7/h10-11,13,18H,8-9H2,1-7H3. The monoisotopic (exact) mass is 247 g/mol. The lowest BCUT2D eigenvalue weighted by molar-refractivity contribution is 0.584. The van der Waals surface area contributed by atoms with Crippen molar-refractivity contribution in [2.75, 3.05) is 12.4 Å². The Morgan fingerprint density at radius 2 is 1.67 bits per heavy atom. The molecule has 1 aromatic carbocycles. The summed E-state index contributed by atoms with van der Waals surface area (Å²) in [6.45, 7) is 13.6. The molecule has 1 nitrogen and oxygen atoms in total. The van der Waals surface area contributed by atoms with Crippen LogP contribution in [0.3, 0.4) is 0 Å². The summed E-state index contributed by atoms with van der Waals surface area (Å²) in [6.07, 6.45) is 2.42. The number of anilines is 1. The second kappa shape index (κ2) is 5.77. The summed E-state index contributed by atoms with van der Waals surface area (Å²) < 4.78 is 0. The van der Waals surface area contributed by atoms with Crippen LogP contribution in [0.25, 0.3) is 0 Å². The van der Waals surface area contributed by atoms with Gasteiger partial charge in [0.1, 0.15) is 0 Å². The quantitative estimate of drug-likeness (QED) is 0.767. The van der Waals surface area contributed by atoms with E-state index in [1.807, 2.05) is 7.05 Å². The summed E-state index contributed by atoms with van der Waals surface area (Å²) in [7, 11) is 2.03. The van der Waals surface area contributed by atoms with E-state index in [1.54, 1.807) is 0 Å². The Kier molecular flexibility index (Phi) is 4.84. The number of hydrogen-bond donors (Lipinski definition) is 1. The molecule has 0 aliphatic heterocycles. The minimum atomic E-state index is 0.210. The van der Waals surface area contributed by atoms with Gasteiger partial charge in [0.25, 0.3) is 0 Å². The molecule has 0 aliphatic carbocycles. The zero-order valence-corrected chi connectivity index (χ0v) is 13.1. The van der Waals surface area contributed by atoms with E-state index < -0.39 is 0 Å². The zero-order chi connectivity index (χ0) is 13.9. The number of hydrogen-bond acceptors (Lipinski definition) is 1. The number of rotatable bonds is 4. The maximum atomic E-state index is 3.38. The van der Waals surface area contributed by atoms with Gasteiger partial charge in [0.2, 0.25) is 0 Å². The van der Waals surface area contributed by atoms with Gasteiger partial charge in [0, 0.05) is 12.7 Å². The first-order valence-corrected chi connectivity index (χ1v) is 7.17. The first-order chi connectivity index (χ1) is 8.35. The van der Waals surface area contributed by atoms with E-state index >= 15 is 0 Å². The molecule has 0 saturated carbocycles. The van der Waals surface area contributed by atoms with Crippen molar-refractivity contribution in [1.82, 2.24) is 0 Å². The summed E-state index contributed by atoms with van der Waals surface area (Å²) in [5.41, 5.74) is 5.86. The topological polar surface area (TPSA) is 12.0 Å². The summed E-state index contributed by atoms with van der Waals surface area (Å²) in [6, 6.07) is 4.74. The van der Waals surface area contributed by atoms with Crippen molar-refractivity contribution in [1.29, 1.82) is 0 Å². The number of nitrogens with one attached hydrogen (secondary N) is 1. The van der Waals surface area contributed by atoms with Crippen LogP contribution >= 0.6 is 0 Å². The second-order valence-corrected chi connectivity index (χ2v) is 6.27. The second-order valence-electron chi connectivity index (χ2n) is 6.27. The predicted octanol–water partition coefficient (Wildman–Crippen LogP) is 5.24. The summed E-state index contributed by atoms with van der Waals surface area (Å²) in [5, 5.41) is 3.38. The highest BCUT2D eigenvalue weighted by Gasteiger charge is 2.20. The Bertz CT molecular complexity index is 395. The van der Waals surface area contributed by atoms with Crippen LogP contribution in [0.4, 0.5) is 5.69 Å². The van der Waals surface area contributed by atoms with Crippen LogP contribution in [0.15, 0.2) is 12.1 Å². The molecule has 0 radical (unpaired) electrons. The Hall–Kier alpha value is -0.980. The lowest BCUT2D eigenvalue weighted by Gasteiger charge is -2.26. The van der Waals surface area contributed by atoms with E-state index in [4.69, 9.17) is 0 Å². The SMILES string of the molecule is CCC(CC)c1cc(C)c(C(C)(C)C)cc1NC. The molecular weight excluding hydrogens is 218 g/mol. The highest BCUT2D eigenvalue weighted by Crippen LogP contribution is 2.35. The molecule has 0 spiro atoms. The minimum absolute atomic E-state index is 0.210. The van der Waals surface area contributed by atoms with Gasteiger partial charge in [-0.2, -0.15) is 0 Å². The fraction of sp³-hybridized carbons (Fsp3) is 0.647. The van der Waals surface area contributed by atoms with E-state index in [0.29, 0.717) is 5.92 Å². The summed E-state index contributed by atoms with van der Waals surface area (Å²) in [5.74, 6) is 0.667. The average molecular weight is 247 g/mol. The van der Waals surface area contributed by atoms with Crippen LogP contribution < -0.4 is 5.32 Å². The molecule has 0 saturated heterocycles. The van der Waals surface area contributed by atoms with E-state index in [9.17, 15) is 0 Å². The van der Waals surface area contributed by atoms with Crippen molar-refractivity contribution in [3.8, 4) is 0 Å². The third-order valence-corrected chi connectivity index (χ3v) is 3.90. The summed E-state index contributed by atoms with van der Waals surface area (Å²) in [4.78, 5) is 0. The molecular formula is C17H29N. The molecule has 0 amide bonds. The molecule has 0 bridgehead atoms. The summed E-state index contributed by atoms with van der Waals surface area (Å²) >= 11 is 0. The predicted molar refractivity (Wildman–Crippen MR) is 82.7 cm³/mol. The van der Waals surface area contributed by atoms with Crippen LogP contribution in [-0.2, 0) is 5.41 Å². The van der Waals surface area contributed by atoms with Crippen LogP contribution in [0, 0.1) is 6.92 Å². The molecule has 1 aromatic rings. The minimum Gasteiger partial charge on any atom is -0.388 e. The average Bonchev–Trinajstić information content (AvgIpc) is 2.29. The van der Waals surface area contributed by atoms with E-state index in [0.717, 1.165) is 0 Å². The van der Waals surface area contributed by atoms with E-state index in [2.05, 4.69) is 59.0 Å². The third kappa shape index (κ3) is 3.07. The van der Waals surface area contributed by atoms with Gasteiger partial charge in [-0.3, -0.25) is 0 Å². The molecule has 1 heteroatoms. The van der Waals surface area contributed by atoms with Gasteiger partial charge in [0.05, 0.1) is 0 Å². The van der Waals surface area contributed by atoms with Crippen molar-refractivity contribution in [2.45, 2.75) is 65.7 Å². The Balaban J connectivity index is 3.35. The van der Waals surface area contributed by atoms with Crippen molar-refractivity contribution >= 4 is 5.69 Å². The van der Waals surface area contributed by atoms with Gasteiger partial charge in [-0.25, -0.2) is 0 Å². The van der Waals surface area contributed by atoms with Gasteiger partial charge in [-0.05, 0) is 53.9 Å². The first kappa shape index (κ1) is 15.1. The third-order valence-electron chi connectivity index (χ3n) is 3.90. The molecule has 102 valence electrons. The Morgan fingerprint density at radius 3 is 2.06 bits per heavy atom. The fourth-order valence-corrected chi connectivity index (χ4v) is 2.82. The maximum Gasteiger partial charge on any atom is 0.0376 e. The highest BCUT2D eigenvalue weighted by atomic mass is 14.8. The van der Waals surface area contributed by atoms with Crippen molar-refractivity contribution in [3.63, 3.8) is 0 Å². The Labute approximate surface area is 113 Å². The largest absolute Gasteiger partial charge is 0.388 e. The van der Waals surface area contributed by atoms with Crippen LogP contribution in [0.5, 0.6) is 0 Å². The molecule has 0 heterocycles. The van der Waals surface area contributed by atoms with Crippen molar-refractivity contribution < 1.29 is 0 Å². The smallest absolute Gasteiger partial charge is 0.0376 e. The molecule has 0 aliphatic rings. The van der Waals surface area contributed by atoms with Crippen LogP contribution in [0.1, 0.15) is 70.1 Å². The Morgan fingerprint density at radius 1 is 1.11 bits per heavy atom. The lowest BCUT2D eigenvalue weighted by atomic mass is 9.81. The van der Waals surface area contributed by atoms with Crippen LogP contribution in [-0.4, -0.2) is 7.05 Å². The van der Waals surface area contributed by atoms with E-state index in [1.165, 1.54) is 35.2 Å². The fourth-order valence-electron chi connectivity index (χ4n) is 2.82. The highest BCUT2D eigenvalue weighted by molar-refractivity contribution is 5.58. The first-order valence-electron chi connectivity index (χ1n) is 7.17. The van der Waals surface area contributed by atoms with Gasteiger partial charge in [-0.1, -0.05) is 40.7 Å². The molecule has 0 aromatic heterocycles. The van der Waals surface area contributed by atoms with Gasteiger partial charge in [0.15, 0.2) is 0 Å². The molecule has 1 N–H and O–H groups in total. The number of benzene rings is 1. The lowest BCUT2D eigenvalue weighted by Crippen LogP contribution is -2.15. The van der Waals surface area contributed by atoms with Gasteiger partial charge in [-0.15, -0.1) is 0 Å². The maximum absolute atomic E-state index is 3.38.